The highest BCUT2D eigenvalue weighted by Gasteiger charge is 2.01. The van der Waals surface area contributed by atoms with Crippen LogP contribution >= 0.6 is 0 Å². The summed E-state index contributed by atoms with van der Waals surface area (Å²) in [6, 6.07) is 3.40. The minimum Gasteiger partial charge on any atom is -0.506 e. The molecule has 0 aliphatic heterocycles. The first-order valence-corrected chi connectivity index (χ1v) is 5.38. The summed E-state index contributed by atoms with van der Waals surface area (Å²) in [4.78, 5) is 8.17. The molecular weight excluding hydrogens is 220 g/mol. The maximum absolute atomic E-state index is 9.07. The number of aromatic hydroxyl groups is 1. The van der Waals surface area contributed by atoms with Gasteiger partial charge >= 0.3 is 0 Å². The molecule has 0 bridgehead atoms. The van der Waals surface area contributed by atoms with E-state index in [-0.39, 0.29) is 5.75 Å². The molecular formula is C11H14N4O2. The van der Waals surface area contributed by atoms with Gasteiger partial charge in [0.25, 0.3) is 0 Å². The smallest absolute Gasteiger partial charge is 0.223 e. The standard InChI is InChI=1S/C11H14N4O2/c1-8-14-11(15-17-8)4-5-12-6-9-2-3-10(16)7-13-9/h2-3,7,12,16H,4-6H2,1H3. The molecule has 0 radical (unpaired) electrons. The number of nitrogens with zero attached hydrogens (tertiary/aromatic N) is 3. The summed E-state index contributed by atoms with van der Waals surface area (Å²) >= 11 is 0. The van der Waals surface area contributed by atoms with Gasteiger partial charge in [-0.25, -0.2) is 0 Å². The minimum absolute atomic E-state index is 0.177. The number of nitrogens with one attached hydrogen (secondary N) is 1. The molecule has 0 saturated heterocycles. The van der Waals surface area contributed by atoms with Crippen LogP contribution < -0.4 is 5.32 Å². The van der Waals surface area contributed by atoms with Crippen LogP contribution in [0.2, 0.25) is 0 Å². The summed E-state index contributed by atoms with van der Waals surface area (Å²) < 4.78 is 4.86. The maximum atomic E-state index is 9.07. The van der Waals surface area contributed by atoms with Gasteiger partial charge in [-0.05, 0) is 12.1 Å². The molecule has 0 atom stereocenters. The van der Waals surface area contributed by atoms with E-state index in [0.717, 1.165) is 18.7 Å². The number of hydrogen-bond acceptors (Lipinski definition) is 6. The van der Waals surface area contributed by atoms with Crippen LogP contribution in [-0.4, -0.2) is 26.8 Å². The van der Waals surface area contributed by atoms with Crippen LogP contribution in [0.3, 0.4) is 0 Å². The molecule has 0 saturated carbocycles. The zero-order valence-electron chi connectivity index (χ0n) is 9.55. The van der Waals surface area contributed by atoms with E-state index in [2.05, 4.69) is 20.4 Å². The monoisotopic (exact) mass is 234 g/mol. The zero-order valence-corrected chi connectivity index (χ0v) is 9.55. The first kappa shape index (κ1) is 11.5. The van der Waals surface area contributed by atoms with Crippen molar-refractivity contribution < 1.29 is 9.63 Å². The van der Waals surface area contributed by atoms with Gasteiger partial charge in [-0.2, -0.15) is 4.98 Å². The van der Waals surface area contributed by atoms with Crippen LogP contribution in [0.15, 0.2) is 22.9 Å². The third-order valence-corrected chi connectivity index (χ3v) is 2.21. The fraction of sp³-hybridized carbons (Fsp3) is 0.364. The first-order chi connectivity index (χ1) is 8.24. The maximum Gasteiger partial charge on any atom is 0.223 e. The second-order valence-electron chi connectivity index (χ2n) is 3.66. The highest BCUT2D eigenvalue weighted by atomic mass is 16.5. The van der Waals surface area contributed by atoms with Crippen molar-refractivity contribution in [1.82, 2.24) is 20.4 Å². The lowest BCUT2D eigenvalue weighted by atomic mass is 10.3. The van der Waals surface area contributed by atoms with Gasteiger partial charge in [0, 0.05) is 26.4 Å². The topological polar surface area (TPSA) is 84.1 Å². The average molecular weight is 234 g/mol. The Morgan fingerprint density at radius 1 is 1.41 bits per heavy atom. The normalized spacial score (nSPS) is 10.6. The third-order valence-electron chi connectivity index (χ3n) is 2.21. The van der Waals surface area contributed by atoms with Crippen molar-refractivity contribution in [3.05, 3.63) is 35.7 Å². The van der Waals surface area contributed by atoms with Gasteiger partial charge in [-0.15, -0.1) is 0 Å². The number of rotatable bonds is 5. The van der Waals surface area contributed by atoms with Crippen molar-refractivity contribution >= 4 is 0 Å². The third kappa shape index (κ3) is 3.53. The lowest BCUT2D eigenvalue weighted by Crippen LogP contribution is -2.17. The minimum atomic E-state index is 0.177. The van der Waals surface area contributed by atoms with Crippen molar-refractivity contribution in [3.8, 4) is 5.75 Å². The Bertz CT molecular complexity index is 467. The fourth-order valence-electron chi connectivity index (χ4n) is 1.38. The van der Waals surface area contributed by atoms with E-state index < -0.39 is 0 Å². The van der Waals surface area contributed by atoms with Gasteiger partial charge in [0.1, 0.15) is 5.75 Å². The number of aromatic nitrogens is 3. The summed E-state index contributed by atoms with van der Waals surface area (Å²) in [5.74, 6) is 1.46. The molecule has 6 nitrogen and oxygen atoms in total. The molecule has 2 N–H and O–H groups in total. The van der Waals surface area contributed by atoms with E-state index in [1.54, 1.807) is 19.1 Å². The van der Waals surface area contributed by atoms with Crippen molar-refractivity contribution in [2.45, 2.75) is 19.9 Å². The van der Waals surface area contributed by atoms with Crippen molar-refractivity contribution in [2.24, 2.45) is 0 Å². The van der Waals surface area contributed by atoms with Crippen LogP contribution in [0.5, 0.6) is 5.75 Å². The summed E-state index contributed by atoms with van der Waals surface area (Å²) in [5, 5.41) is 16.1. The van der Waals surface area contributed by atoms with E-state index >= 15 is 0 Å². The van der Waals surface area contributed by atoms with E-state index in [0.29, 0.717) is 18.3 Å². The molecule has 0 spiro atoms. The quantitative estimate of drug-likeness (QED) is 0.745. The van der Waals surface area contributed by atoms with Crippen LogP contribution in [0.1, 0.15) is 17.4 Å². The SMILES string of the molecule is Cc1nc(CCNCc2ccc(O)cn2)no1. The number of pyridine rings is 1. The fourth-order valence-corrected chi connectivity index (χ4v) is 1.38. The molecule has 0 aromatic carbocycles. The van der Waals surface area contributed by atoms with Gasteiger partial charge in [-0.3, -0.25) is 4.98 Å². The van der Waals surface area contributed by atoms with E-state index in [1.807, 2.05) is 0 Å². The molecule has 90 valence electrons. The lowest BCUT2D eigenvalue weighted by molar-refractivity contribution is 0.387. The molecule has 2 heterocycles. The van der Waals surface area contributed by atoms with Crippen LogP contribution in [0, 0.1) is 6.92 Å². The number of aryl methyl sites for hydroxylation is 1. The molecule has 2 aromatic rings. The van der Waals surface area contributed by atoms with Gasteiger partial charge in [0.2, 0.25) is 5.89 Å². The van der Waals surface area contributed by atoms with Gasteiger partial charge in [0.05, 0.1) is 11.9 Å². The van der Waals surface area contributed by atoms with Crippen LogP contribution in [0.25, 0.3) is 0 Å². The zero-order chi connectivity index (χ0) is 12.1. The van der Waals surface area contributed by atoms with Crippen molar-refractivity contribution in [1.29, 1.82) is 0 Å². The highest BCUT2D eigenvalue weighted by Crippen LogP contribution is 2.05. The Kier molecular flexibility index (Phi) is 3.66. The van der Waals surface area contributed by atoms with E-state index in [9.17, 15) is 0 Å². The van der Waals surface area contributed by atoms with Gasteiger partial charge in [-0.1, -0.05) is 5.16 Å². The summed E-state index contributed by atoms with van der Waals surface area (Å²) in [7, 11) is 0. The molecule has 0 unspecified atom stereocenters. The second kappa shape index (κ2) is 5.40. The summed E-state index contributed by atoms with van der Waals surface area (Å²) in [6.07, 6.45) is 2.15. The van der Waals surface area contributed by atoms with Crippen LogP contribution in [-0.2, 0) is 13.0 Å². The molecule has 17 heavy (non-hydrogen) atoms. The predicted molar refractivity (Wildman–Crippen MR) is 60.3 cm³/mol. The van der Waals surface area contributed by atoms with E-state index in [1.165, 1.54) is 6.20 Å². The Balaban J connectivity index is 1.71. The van der Waals surface area contributed by atoms with Crippen molar-refractivity contribution in [3.63, 3.8) is 0 Å². The predicted octanol–water partition coefficient (Wildman–Crippen LogP) is 0.811. The molecule has 2 rings (SSSR count). The lowest BCUT2D eigenvalue weighted by Gasteiger charge is -2.02. The molecule has 0 fully saturated rings. The van der Waals surface area contributed by atoms with Crippen LogP contribution in [0.4, 0.5) is 0 Å². The summed E-state index contributed by atoms with van der Waals surface area (Å²) in [6.45, 7) is 3.17. The summed E-state index contributed by atoms with van der Waals surface area (Å²) in [5.41, 5.74) is 0.882. The van der Waals surface area contributed by atoms with E-state index in [4.69, 9.17) is 9.63 Å². The Morgan fingerprint density at radius 2 is 2.29 bits per heavy atom. The van der Waals surface area contributed by atoms with Crippen molar-refractivity contribution in [2.75, 3.05) is 6.54 Å². The molecule has 2 aromatic heterocycles. The second-order valence-corrected chi connectivity index (χ2v) is 3.66. The molecule has 0 amide bonds. The average Bonchev–Trinajstić information content (AvgIpc) is 2.73. The molecule has 0 aliphatic carbocycles. The van der Waals surface area contributed by atoms with Gasteiger partial charge < -0.3 is 14.9 Å². The first-order valence-electron chi connectivity index (χ1n) is 5.38. The Morgan fingerprint density at radius 3 is 2.94 bits per heavy atom. The highest BCUT2D eigenvalue weighted by molar-refractivity contribution is 5.17. The molecule has 6 heteroatoms. The largest absolute Gasteiger partial charge is 0.506 e. The van der Waals surface area contributed by atoms with Gasteiger partial charge in [0.15, 0.2) is 5.82 Å². The Labute approximate surface area is 98.7 Å². The molecule has 0 aliphatic rings. The Hall–Kier alpha value is -1.95. The number of hydrogen-bond donors (Lipinski definition) is 2.